The maximum atomic E-state index is 13.4. The Balaban J connectivity index is 1.55. The summed E-state index contributed by atoms with van der Waals surface area (Å²) in [6, 6.07) is 16.5. The summed E-state index contributed by atoms with van der Waals surface area (Å²) in [7, 11) is -3.72. The van der Waals surface area contributed by atoms with Gasteiger partial charge in [0.1, 0.15) is 17.4 Å². The van der Waals surface area contributed by atoms with E-state index in [2.05, 4.69) is 4.90 Å². The Bertz CT molecular complexity index is 1340. The average molecular weight is 530 g/mol. The van der Waals surface area contributed by atoms with E-state index in [-0.39, 0.29) is 18.3 Å². The van der Waals surface area contributed by atoms with Crippen LogP contribution in [0.3, 0.4) is 0 Å². The second-order valence-corrected chi connectivity index (χ2v) is 10.7. The highest BCUT2D eigenvalue weighted by Gasteiger charge is 2.25. The summed E-state index contributed by atoms with van der Waals surface area (Å²) in [4.78, 5) is 17.2. The maximum absolute atomic E-state index is 13.4. The van der Waals surface area contributed by atoms with Gasteiger partial charge in [0.25, 0.3) is 5.91 Å². The lowest BCUT2D eigenvalue weighted by molar-refractivity contribution is 0.0746. The van der Waals surface area contributed by atoms with E-state index in [4.69, 9.17) is 4.74 Å². The van der Waals surface area contributed by atoms with Crippen LogP contribution in [0, 0.1) is 11.6 Å². The van der Waals surface area contributed by atoms with Crippen molar-refractivity contribution in [2.24, 2.45) is 0 Å². The van der Waals surface area contributed by atoms with E-state index in [1.165, 1.54) is 36.4 Å². The molecular weight excluding hydrogens is 500 g/mol. The molecule has 1 fully saturated rings. The summed E-state index contributed by atoms with van der Waals surface area (Å²) in [5.41, 5.74) is 2.15. The number of hydrogen-bond acceptors (Lipinski definition) is 5. The van der Waals surface area contributed by atoms with Crippen LogP contribution < -0.4 is 13.9 Å². The molecule has 1 heterocycles. The number of nitrogens with zero attached hydrogens (tertiary/aromatic N) is 3. The Hall–Kier alpha value is -3.66. The minimum Gasteiger partial charge on any atom is -0.494 e. The maximum Gasteiger partial charge on any atom is 0.253 e. The molecule has 0 unspecified atom stereocenters. The first-order chi connectivity index (χ1) is 17.7. The quantitative estimate of drug-likeness (QED) is 0.436. The molecule has 1 amide bonds. The van der Waals surface area contributed by atoms with Crippen LogP contribution in [0.15, 0.2) is 66.7 Å². The Kier molecular flexibility index (Phi) is 7.97. The summed E-state index contributed by atoms with van der Waals surface area (Å²) in [6.07, 6.45) is 1.08. The fourth-order valence-corrected chi connectivity index (χ4v) is 5.17. The predicted molar refractivity (Wildman–Crippen MR) is 140 cm³/mol. The second-order valence-electron chi connectivity index (χ2n) is 8.76. The van der Waals surface area contributed by atoms with Crippen LogP contribution in [-0.2, 0) is 16.6 Å². The SMILES string of the molecule is CCOc1ccc(C(=O)N2CCN(c3ccc(F)cc3)CC2)cc1CN(c1ccc(F)cc1)S(C)(=O)=O. The van der Waals surface area contributed by atoms with Gasteiger partial charge in [-0.25, -0.2) is 17.2 Å². The van der Waals surface area contributed by atoms with E-state index >= 15 is 0 Å². The van der Waals surface area contributed by atoms with Crippen molar-refractivity contribution >= 4 is 27.3 Å². The predicted octanol–water partition coefficient (Wildman–Crippen LogP) is 4.29. The van der Waals surface area contributed by atoms with Gasteiger partial charge in [-0.1, -0.05) is 0 Å². The average Bonchev–Trinajstić information content (AvgIpc) is 2.88. The van der Waals surface area contributed by atoms with Gasteiger partial charge in [0.15, 0.2) is 0 Å². The molecule has 0 saturated carbocycles. The van der Waals surface area contributed by atoms with Crippen LogP contribution in [0.5, 0.6) is 5.75 Å². The smallest absolute Gasteiger partial charge is 0.253 e. The summed E-state index contributed by atoms with van der Waals surface area (Å²) in [5.74, 6) is -0.469. The van der Waals surface area contributed by atoms with Crippen LogP contribution >= 0.6 is 0 Å². The monoisotopic (exact) mass is 529 g/mol. The van der Waals surface area contributed by atoms with Crippen LogP contribution in [0.4, 0.5) is 20.2 Å². The van der Waals surface area contributed by atoms with Gasteiger partial charge in [-0.3, -0.25) is 9.10 Å². The van der Waals surface area contributed by atoms with Gasteiger partial charge in [0, 0.05) is 43.0 Å². The molecule has 0 N–H and O–H groups in total. The Morgan fingerprint density at radius 3 is 2.08 bits per heavy atom. The van der Waals surface area contributed by atoms with E-state index in [0.29, 0.717) is 55.3 Å². The zero-order valence-corrected chi connectivity index (χ0v) is 21.5. The first-order valence-electron chi connectivity index (χ1n) is 11.9. The molecule has 0 atom stereocenters. The Labute approximate surface area is 215 Å². The number of hydrogen-bond donors (Lipinski definition) is 0. The Morgan fingerprint density at radius 1 is 0.919 bits per heavy atom. The highest BCUT2D eigenvalue weighted by molar-refractivity contribution is 7.92. The van der Waals surface area contributed by atoms with Gasteiger partial charge in [0.2, 0.25) is 10.0 Å². The van der Waals surface area contributed by atoms with Crippen molar-refractivity contribution in [3.05, 3.63) is 89.5 Å². The third-order valence-corrected chi connectivity index (χ3v) is 7.34. The van der Waals surface area contributed by atoms with Gasteiger partial charge in [0.05, 0.1) is 25.1 Å². The minimum absolute atomic E-state index is 0.0841. The molecule has 3 aromatic carbocycles. The van der Waals surface area contributed by atoms with E-state index in [1.54, 1.807) is 35.2 Å². The first-order valence-corrected chi connectivity index (χ1v) is 13.8. The molecule has 3 aromatic rings. The second kappa shape index (κ2) is 11.2. The number of carbonyl (C=O) groups excluding carboxylic acids is 1. The molecule has 196 valence electrons. The third-order valence-electron chi connectivity index (χ3n) is 6.19. The molecule has 0 spiro atoms. The molecular formula is C27H29F2N3O4S. The number of carbonyl (C=O) groups is 1. The van der Waals surface area contributed by atoms with Crippen molar-refractivity contribution in [1.82, 2.24) is 4.90 Å². The van der Waals surface area contributed by atoms with Crippen LogP contribution in [0.25, 0.3) is 0 Å². The third kappa shape index (κ3) is 6.37. The van der Waals surface area contributed by atoms with Crippen LogP contribution in [-0.4, -0.2) is 58.3 Å². The first kappa shape index (κ1) is 26.4. The summed E-state index contributed by atoms with van der Waals surface area (Å²) < 4.78 is 58.8. The number of halogens is 2. The zero-order valence-electron chi connectivity index (χ0n) is 20.7. The standard InChI is InChI=1S/C27H29F2N3O4S/c1-3-36-26-13-4-20(18-21(26)19-32(37(2,34)35)25-11-7-23(29)8-12-25)27(33)31-16-14-30(15-17-31)24-9-5-22(28)6-10-24/h4-13,18H,3,14-17,19H2,1-2H3. The van der Waals surface area contributed by atoms with Gasteiger partial charge in [-0.2, -0.15) is 0 Å². The minimum atomic E-state index is -3.72. The lowest BCUT2D eigenvalue weighted by atomic mass is 10.1. The van der Waals surface area contributed by atoms with Crippen molar-refractivity contribution in [1.29, 1.82) is 0 Å². The van der Waals surface area contributed by atoms with E-state index in [0.717, 1.165) is 16.2 Å². The van der Waals surface area contributed by atoms with Crippen molar-refractivity contribution < 1.29 is 26.7 Å². The van der Waals surface area contributed by atoms with Gasteiger partial charge in [-0.15, -0.1) is 0 Å². The highest BCUT2D eigenvalue weighted by atomic mass is 32.2. The number of piperazine rings is 1. The Morgan fingerprint density at radius 2 is 1.51 bits per heavy atom. The fraction of sp³-hybridized carbons (Fsp3) is 0.296. The molecule has 0 bridgehead atoms. The van der Waals surface area contributed by atoms with Crippen molar-refractivity contribution in [3.8, 4) is 5.75 Å². The topological polar surface area (TPSA) is 70.2 Å². The number of rotatable bonds is 8. The van der Waals surface area contributed by atoms with E-state index < -0.39 is 15.8 Å². The van der Waals surface area contributed by atoms with Gasteiger partial charge < -0.3 is 14.5 Å². The molecule has 37 heavy (non-hydrogen) atoms. The number of amides is 1. The van der Waals surface area contributed by atoms with Crippen LogP contribution in [0.1, 0.15) is 22.8 Å². The van der Waals surface area contributed by atoms with E-state index in [9.17, 15) is 22.0 Å². The number of benzene rings is 3. The van der Waals surface area contributed by atoms with Gasteiger partial charge >= 0.3 is 0 Å². The molecule has 4 rings (SSSR count). The van der Waals surface area contributed by atoms with Crippen molar-refractivity contribution in [3.63, 3.8) is 0 Å². The van der Waals surface area contributed by atoms with Crippen molar-refractivity contribution in [2.75, 3.05) is 48.2 Å². The molecule has 0 aliphatic carbocycles. The lowest BCUT2D eigenvalue weighted by Crippen LogP contribution is -2.48. The molecule has 10 heteroatoms. The summed E-state index contributed by atoms with van der Waals surface area (Å²) in [5, 5.41) is 0. The summed E-state index contributed by atoms with van der Waals surface area (Å²) >= 11 is 0. The number of anilines is 2. The van der Waals surface area contributed by atoms with Crippen molar-refractivity contribution in [2.45, 2.75) is 13.5 Å². The molecule has 7 nitrogen and oxygen atoms in total. The van der Waals surface area contributed by atoms with E-state index in [1.807, 2.05) is 6.92 Å². The molecule has 0 radical (unpaired) electrons. The molecule has 1 aliphatic rings. The number of ether oxygens (including phenoxy) is 1. The lowest BCUT2D eigenvalue weighted by Gasteiger charge is -2.36. The van der Waals surface area contributed by atoms with Crippen LogP contribution in [0.2, 0.25) is 0 Å². The van der Waals surface area contributed by atoms with Gasteiger partial charge in [-0.05, 0) is 73.7 Å². The normalized spacial score (nSPS) is 13.9. The fourth-order valence-electron chi connectivity index (χ4n) is 4.30. The summed E-state index contributed by atoms with van der Waals surface area (Å²) in [6.45, 7) is 4.28. The zero-order chi connectivity index (χ0) is 26.6. The number of sulfonamides is 1. The molecule has 1 saturated heterocycles. The molecule has 1 aliphatic heterocycles. The molecule has 0 aromatic heterocycles. The largest absolute Gasteiger partial charge is 0.494 e. The highest BCUT2D eigenvalue weighted by Crippen LogP contribution is 2.28.